The van der Waals surface area contributed by atoms with Crippen LogP contribution in [0, 0.1) is 0 Å². The van der Waals surface area contributed by atoms with Gasteiger partial charge in [0.15, 0.2) is 0 Å². The topological polar surface area (TPSA) is 70.6 Å². The van der Waals surface area contributed by atoms with E-state index in [1.54, 1.807) is 0 Å². The van der Waals surface area contributed by atoms with E-state index in [-0.39, 0.29) is 25.1 Å². The van der Waals surface area contributed by atoms with E-state index >= 15 is 0 Å². The second-order valence-electron chi connectivity index (χ2n) is 4.37. The summed E-state index contributed by atoms with van der Waals surface area (Å²) < 4.78 is 5.10. The molecule has 106 valence electrons. The van der Waals surface area contributed by atoms with Crippen LogP contribution in [0.1, 0.15) is 12.0 Å². The summed E-state index contributed by atoms with van der Waals surface area (Å²) >= 11 is 0. The molecule has 1 amide bonds. The van der Waals surface area contributed by atoms with Crippen LogP contribution in [0.25, 0.3) is 0 Å². The Morgan fingerprint density at radius 3 is 2.84 bits per heavy atom. The van der Waals surface area contributed by atoms with Crippen molar-refractivity contribution in [2.45, 2.75) is 25.2 Å². The summed E-state index contributed by atoms with van der Waals surface area (Å²) in [5.74, 6) is 0. The predicted octanol–water partition coefficient (Wildman–Crippen LogP) is 1.06. The minimum Gasteiger partial charge on any atom is -0.445 e. The highest BCUT2D eigenvalue weighted by molar-refractivity contribution is 5.85. The van der Waals surface area contributed by atoms with Gasteiger partial charge in [-0.3, -0.25) is 0 Å². The van der Waals surface area contributed by atoms with Crippen molar-refractivity contribution < 1.29 is 14.6 Å². The lowest BCUT2D eigenvalue weighted by molar-refractivity contribution is 0.0864. The molecule has 0 unspecified atom stereocenters. The Kier molecular flexibility index (Phi) is 6.62. The number of carbonyl (C=O) groups excluding carboxylic acids is 1. The lowest BCUT2D eigenvalue weighted by Gasteiger charge is -2.28. The monoisotopic (exact) mass is 286 g/mol. The number of aliphatic hydroxyl groups is 1. The van der Waals surface area contributed by atoms with E-state index in [9.17, 15) is 9.90 Å². The minimum atomic E-state index is -0.553. The number of ether oxygens (including phenoxy) is 1. The number of piperidine rings is 1. The Morgan fingerprint density at radius 1 is 1.42 bits per heavy atom. The smallest absolute Gasteiger partial charge is 0.407 e. The van der Waals surface area contributed by atoms with E-state index in [0.717, 1.165) is 12.1 Å². The molecular weight excluding hydrogens is 268 g/mol. The summed E-state index contributed by atoms with van der Waals surface area (Å²) in [5, 5.41) is 15.4. The van der Waals surface area contributed by atoms with Crippen molar-refractivity contribution in [2.75, 3.05) is 13.1 Å². The van der Waals surface area contributed by atoms with Crippen LogP contribution < -0.4 is 10.6 Å². The summed E-state index contributed by atoms with van der Waals surface area (Å²) in [4.78, 5) is 11.6. The molecule has 1 heterocycles. The fourth-order valence-electron chi connectivity index (χ4n) is 1.93. The zero-order chi connectivity index (χ0) is 12.8. The molecule has 2 rings (SSSR count). The number of aliphatic hydroxyl groups excluding tert-OH is 1. The third-order valence-corrected chi connectivity index (χ3v) is 2.97. The molecule has 0 bridgehead atoms. The first-order valence-corrected chi connectivity index (χ1v) is 6.11. The first-order chi connectivity index (χ1) is 8.75. The van der Waals surface area contributed by atoms with Gasteiger partial charge in [0.1, 0.15) is 6.61 Å². The third-order valence-electron chi connectivity index (χ3n) is 2.97. The van der Waals surface area contributed by atoms with Crippen molar-refractivity contribution in [1.82, 2.24) is 10.6 Å². The van der Waals surface area contributed by atoms with Crippen LogP contribution in [0.5, 0.6) is 0 Å². The van der Waals surface area contributed by atoms with Gasteiger partial charge in [-0.05, 0) is 18.5 Å². The Hall–Kier alpha value is -1.30. The maximum absolute atomic E-state index is 11.6. The quantitative estimate of drug-likeness (QED) is 0.777. The Bertz CT molecular complexity index is 389. The summed E-state index contributed by atoms with van der Waals surface area (Å²) in [6.07, 6.45) is -0.324. The standard InChI is InChI=1S/C13H18N2O3.ClH/c16-12-8-14-7-6-11(12)15-13(17)18-9-10-4-2-1-3-5-10;/h1-5,11-12,14,16H,6-9H2,(H,15,17);1H/t11-,12+;/m1./s1. The van der Waals surface area contributed by atoms with Gasteiger partial charge in [-0.2, -0.15) is 0 Å². The van der Waals surface area contributed by atoms with Crippen LogP contribution in [0.4, 0.5) is 4.79 Å². The molecule has 1 saturated heterocycles. The number of rotatable bonds is 3. The maximum atomic E-state index is 11.6. The number of benzene rings is 1. The van der Waals surface area contributed by atoms with Crippen molar-refractivity contribution in [3.63, 3.8) is 0 Å². The van der Waals surface area contributed by atoms with Gasteiger partial charge in [-0.15, -0.1) is 12.4 Å². The molecule has 3 N–H and O–H groups in total. The van der Waals surface area contributed by atoms with Crippen LogP contribution in [0.2, 0.25) is 0 Å². The Morgan fingerprint density at radius 2 is 2.16 bits per heavy atom. The zero-order valence-electron chi connectivity index (χ0n) is 10.5. The second-order valence-corrected chi connectivity index (χ2v) is 4.37. The van der Waals surface area contributed by atoms with Crippen molar-refractivity contribution >= 4 is 18.5 Å². The third kappa shape index (κ3) is 5.06. The number of nitrogens with one attached hydrogen (secondary N) is 2. The van der Waals surface area contributed by atoms with Gasteiger partial charge in [-0.1, -0.05) is 30.3 Å². The molecule has 0 aliphatic carbocycles. The summed E-state index contributed by atoms with van der Waals surface area (Å²) in [6.45, 7) is 1.54. The van der Waals surface area contributed by atoms with Crippen molar-refractivity contribution in [2.24, 2.45) is 0 Å². The van der Waals surface area contributed by atoms with Gasteiger partial charge in [-0.25, -0.2) is 4.79 Å². The minimum absolute atomic E-state index is 0. The lowest BCUT2D eigenvalue weighted by Crippen LogP contribution is -2.52. The molecule has 19 heavy (non-hydrogen) atoms. The fourth-order valence-corrected chi connectivity index (χ4v) is 1.93. The SMILES string of the molecule is Cl.O=C(N[C@@H]1CCNC[C@@H]1O)OCc1ccccc1. The molecule has 6 heteroatoms. The van der Waals surface area contributed by atoms with Gasteiger partial charge >= 0.3 is 6.09 Å². The number of hydrogen-bond acceptors (Lipinski definition) is 4. The van der Waals surface area contributed by atoms with Gasteiger partial charge < -0.3 is 20.5 Å². The first-order valence-electron chi connectivity index (χ1n) is 6.11. The van der Waals surface area contributed by atoms with E-state index in [4.69, 9.17) is 4.74 Å². The highest BCUT2D eigenvalue weighted by atomic mass is 35.5. The van der Waals surface area contributed by atoms with Crippen LogP contribution in [0.3, 0.4) is 0 Å². The van der Waals surface area contributed by atoms with Gasteiger partial charge in [0.05, 0.1) is 12.1 Å². The largest absolute Gasteiger partial charge is 0.445 e. The molecule has 1 aliphatic heterocycles. The highest BCUT2D eigenvalue weighted by Gasteiger charge is 2.24. The summed E-state index contributed by atoms with van der Waals surface area (Å²) in [6, 6.07) is 9.27. The molecular formula is C13H19ClN2O3. The number of hydrogen-bond donors (Lipinski definition) is 3. The molecule has 2 atom stereocenters. The average Bonchev–Trinajstić information content (AvgIpc) is 2.40. The van der Waals surface area contributed by atoms with Gasteiger partial charge in [0, 0.05) is 6.54 Å². The second kappa shape index (κ2) is 7.99. The predicted molar refractivity (Wildman–Crippen MR) is 74.3 cm³/mol. The number of β-amino-alcohol motifs (C(OH)–C–C–N with tert-alkyl or cyclic N) is 1. The molecule has 5 nitrogen and oxygen atoms in total. The molecule has 0 aromatic heterocycles. The molecule has 0 radical (unpaired) electrons. The maximum Gasteiger partial charge on any atom is 0.407 e. The van der Waals surface area contributed by atoms with E-state index in [1.807, 2.05) is 30.3 Å². The lowest BCUT2D eigenvalue weighted by atomic mass is 10.0. The van der Waals surface area contributed by atoms with Gasteiger partial charge in [0.2, 0.25) is 0 Å². The van der Waals surface area contributed by atoms with Crippen LogP contribution >= 0.6 is 12.4 Å². The number of amides is 1. The van der Waals surface area contributed by atoms with E-state index in [2.05, 4.69) is 10.6 Å². The van der Waals surface area contributed by atoms with Gasteiger partial charge in [0.25, 0.3) is 0 Å². The van der Waals surface area contributed by atoms with Crippen LogP contribution in [-0.4, -0.2) is 36.4 Å². The van der Waals surface area contributed by atoms with Crippen molar-refractivity contribution in [1.29, 1.82) is 0 Å². The molecule has 1 aromatic carbocycles. The number of halogens is 1. The molecule has 1 fully saturated rings. The zero-order valence-corrected chi connectivity index (χ0v) is 11.4. The molecule has 0 saturated carbocycles. The number of carbonyl (C=O) groups is 1. The Labute approximate surface area is 118 Å². The van der Waals surface area contributed by atoms with Crippen LogP contribution in [-0.2, 0) is 11.3 Å². The normalized spacial score (nSPS) is 22.2. The van der Waals surface area contributed by atoms with Crippen molar-refractivity contribution in [3.05, 3.63) is 35.9 Å². The highest BCUT2D eigenvalue weighted by Crippen LogP contribution is 2.05. The average molecular weight is 287 g/mol. The van der Waals surface area contributed by atoms with E-state index in [1.165, 1.54) is 0 Å². The van der Waals surface area contributed by atoms with Crippen molar-refractivity contribution in [3.8, 4) is 0 Å². The molecule has 1 aromatic rings. The Balaban J connectivity index is 0.00000180. The van der Waals surface area contributed by atoms with E-state index in [0.29, 0.717) is 13.0 Å². The fraction of sp³-hybridized carbons (Fsp3) is 0.462. The van der Waals surface area contributed by atoms with Crippen LogP contribution in [0.15, 0.2) is 30.3 Å². The van der Waals surface area contributed by atoms with E-state index < -0.39 is 12.2 Å². The summed E-state index contributed by atoms with van der Waals surface area (Å²) in [5.41, 5.74) is 0.943. The number of alkyl carbamates (subject to hydrolysis) is 1. The molecule has 1 aliphatic rings. The summed E-state index contributed by atoms with van der Waals surface area (Å²) in [7, 11) is 0. The molecule has 0 spiro atoms. The first kappa shape index (κ1) is 15.8.